The Bertz CT molecular complexity index is 724. The molecule has 0 fully saturated rings. The fourth-order valence-corrected chi connectivity index (χ4v) is 2.14. The van der Waals surface area contributed by atoms with Gasteiger partial charge in [0.05, 0.1) is 16.7 Å². The van der Waals surface area contributed by atoms with Crippen LogP contribution in [0, 0.1) is 11.3 Å². The van der Waals surface area contributed by atoms with Crippen LogP contribution in [0.1, 0.15) is 12.5 Å². The zero-order valence-electron chi connectivity index (χ0n) is 11.6. The molecule has 0 aromatic heterocycles. The van der Waals surface area contributed by atoms with Crippen LogP contribution in [0.15, 0.2) is 42.5 Å². The maximum atomic E-state index is 12.1. The van der Waals surface area contributed by atoms with Gasteiger partial charge in [0.1, 0.15) is 5.75 Å². The number of nitriles is 1. The molecule has 2 aromatic carbocycles. The number of amides is 1. The van der Waals surface area contributed by atoms with E-state index in [-0.39, 0.29) is 5.91 Å². The Morgan fingerprint density at radius 2 is 1.91 bits per heavy atom. The Labute approximate surface area is 138 Å². The predicted molar refractivity (Wildman–Crippen MR) is 86.3 cm³/mol. The lowest BCUT2D eigenvalue weighted by molar-refractivity contribution is -0.122. The van der Waals surface area contributed by atoms with E-state index in [0.717, 1.165) is 0 Å². The van der Waals surface area contributed by atoms with Crippen molar-refractivity contribution in [1.82, 2.24) is 0 Å². The largest absolute Gasteiger partial charge is 0.479 e. The Hall–Kier alpha value is -2.22. The Kier molecular flexibility index (Phi) is 5.26. The van der Waals surface area contributed by atoms with Gasteiger partial charge in [0, 0.05) is 10.7 Å². The molecule has 112 valence electrons. The zero-order valence-corrected chi connectivity index (χ0v) is 13.2. The predicted octanol–water partition coefficient (Wildman–Crippen LogP) is 4.27. The van der Waals surface area contributed by atoms with Gasteiger partial charge in [0.15, 0.2) is 6.10 Å². The second kappa shape index (κ2) is 7.17. The SMILES string of the molecule is CC(Oc1ccc(Cl)cc1Cl)C(=O)Nc1ccc(C#N)cc1. The number of halogens is 2. The molecule has 0 aliphatic heterocycles. The van der Waals surface area contributed by atoms with Crippen molar-refractivity contribution in [1.29, 1.82) is 5.26 Å². The Morgan fingerprint density at radius 3 is 2.50 bits per heavy atom. The van der Waals surface area contributed by atoms with Gasteiger partial charge in [-0.05, 0) is 49.4 Å². The molecule has 1 atom stereocenters. The first-order chi connectivity index (χ1) is 10.5. The number of carbonyl (C=O) groups excluding carboxylic acids is 1. The van der Waals surface area contributed by atoms with Crippen molar-refractivity contribution in [3.8, 4) is 11.8 Å². The van der Waals surface area contributed by atoms with E-state index in [1.807, 2.05) is 6.07 Å². The van der Waals surface area contributed by atoms with Crippen LogP contribution in [0.25, 0.3) is 0 Å². The molecule has 4 nitrogen and oxygen atoms in total. The van der Waals surface area contributed by atoms with Crippen LogP contribution < -0.4 is 10.1 Å². The van der Waals surface area contributed by atoms with Gasteiger partial charge in [0.25, 0.3) is 5.91 Å². The van der Waals surface area contributed by atoms with Gasteiger partial charge >= 0.3 is 0 Å². The van der Waals surface area contributed by atoms with E-state index in [0.29, 0.717) is 27.0 Å². The van der Waals surface area contributed by atoms with E-state index in [2.05, 4.69) is 5.32 Å². The van der Waals surface area contributed by atoms with Gasteiger partial charge in [-0.1, -0.05) is 23.2 Å². The number of rotatable bonds is 4. The monoisotopic (exact) mass is 334 g/mol. The summed E-state index contributed by atoms with van der Waals surface area (Å²) in [6.07, 6.45) is -0.741. The lowest BCUT2D eigenvalue weighted by Crippen LogP contribution is -2.30. The highest BCUT2D eigenvalue weighted by Crippen LogP contribution is 2.28. The van der Waals surface area contributed by atoms with Gasteiger partial charge in [-0.25, -0.2) is 0 Å². The summed E-state index contributed by atoms with van der Waals surface area (Å²) in [5, 5.41) is 12.3. The molecule has 0 heterocycles. The van der Waals surface area contributed by atoms with Gasteiger partial charge < -0.3 is 10.1 Å². The van der Waals surface area contributed by atoms with Crippen molar-refractivity contribution in [3.63, 3.8) is 0 Å². The minimum atomic E-state index is -0.741. The highest BCUT2D eigenvalue weighted by Gasteiger charge is 2.16. The number of hydrogen-bond acceptors (Lipinski definition) is 3. The highest BCUT2D eigenvalue weighted by molar-refractivity contribution is 6.35. The fourth-order valence-electron chi connectivity index (χ4n) is 1.69. The van der Waals surface area contributed by atoms with E-state index >= 15 is 0 Å². The van der Waals surface area contributed by atoms with Crippen LogP contribution in [0.5, 0.6) is 5.75 Å². The lowest BCUT2D eigenvalue weighted by Gasteiger charge is -2.15. The quantitative estimate of drug-likeness (QED) is 0.907. The van der Waals surface area contributed by atoms with Crippen LogP contribution in [-0.2, 0) is 4.79 Å². The van der Waals surface area contributed by atoms with Gasteiger partial charge in [-0.3, -0.25) is 4.79 Å². The Balaban J connectivity index is 2.01. The molecule has 6 heteroatoms. The summed E-state index contributed by atoms with van der Waals surface area (Å²) in [6, 6.07) is 13.3. The first-order valence-electron chi connectivity index (χ1n) is 6.42. The van der Waals surface area contributed by atoms with Crippen LogP contribution >= 0.6 is 23.2 Å². The van der Waals surface area contributed by atoms with Crippen molar-refractivity contribution in [2.75, 3.05) is 5.32 Å². The molecule has 1 N–H and O–H groups in total. The molecule has 22 heavy (non-hydrogen) atoms. The maximum Gasteiger partial charge on any atom is 0.265 e. The van der Waals surface area contributed by atoms with Crippen LogP contribution in [-0.4, -0.2) is 12.0 Å². The zero-order chi connectivity index (χ0) is 16.1. The summed E-state index contributed by atoms with van der Waals surface area (Å²) < 4.78 is 5.52. The third kappa shape index (κ3) is 4.14. The smallest absolute Gasteiger partial charge is 0.265 e. The van der Waals surface area contributed by atoms with Crippen molar-refractivity contribution >= 4 is 34.8 Å². The molecule has 1 amide bonds. The molecule has 2 rings (SSSR count). The number of carbonyl (C=O) groups is 1. The Morgan fingerprint density at radius 1 is 1.23 bits per heavy atom. The van der Waals surface area contributed by atoms with Gasteiger partial charge in [-0.2, -0.15) is 5.26 Å². The molecule has 0 saturated carbocycles. The van der Waals surface area contributed by atoms with Gasteiger partial charge in [-0.15, -0.1) is 0 Å². The summed E-state index contributed by atoms with van der Waals surface area (Å²) in [4.78, 5) is 12.1. The second-order valence-electron chi connectivity index (χ2n) is 4.51. The summed E-state index contributed by atoms with van der Waals surface area (Å²) in [5.41, 5.74) is 1.11. The number of nitrogens with zero attached hydrogens (tertiary/aromatic N) is 1. The fraction of sp³-hybridized carbons (Fsp3) is 0.125. The standard InChI is InChI=1S/C16H12Cl2N2O2/c1-10(22-15-7-4-12(17)8-14(15)18)16(21)20-13-5-2-11(9-19)3-6-13/h2-8,10H,1H3,(H,20,21). The van der Waals surface area contributed by atoms with Crippen molar-refractivity contribution in [2.24, 2.45) is 0 Å². The molecule has 0 aliphatic carbocycles. The first-order valence-corrected chi connectivity index (χ1v) is 7.18. The maximum absolute atomic E-state index is 12.1. The van der Waals surface area contributed by atoms with Gasteiger partial charge in [0.2, 0.25) is 0 Å². The number of anilines is 1. The summed E-state index contributed by atoms with van der Waals surface area (Å²) >= 11 is 11.8. The average Bonchev–Trinajstić information content (AvgIpc) is 2.50. The third-order valence-electron chi connectivity index (χ3n) is 2.85. The average molecular weight is 335 g/mol. The molecule has 0 spiro atoms. The second-order valence-corrected chi connectivity index (χ2v) is 5.36. The van der Waals surface area contributed by atoms with Crippen LogP contribution in [0.4, 0.5) is 5.69 Å². The topological polar surface area (TPSA) is 62.1 Å². The highest BCUT2D eigenvalue weighted by atomic mass is 35.5. The van der Waals surface area contributed by atoms with E-state index in [4.69, 9.17) is 33.2 Å². The van der Waals surface area contributed by atoms with E-state index < -0.39 is 6.10 Å². The van der Waals surface area contributed by atoms with Crippen molar-refractivity contribution in [3.05, 3.63) is 58.1 Å². The minimum Gasteiger partial charge on any atom is -0.479 e. The molecular formula is C16H12Cl2N2O2. The molecule has 0 saturated heterocycles. The van der Waals surface area contributed by atoms with E-state index in [9.17, 15) is 4.79 Å². The van der Waals surface area contributed by atoms with Crippen LogP contribution in [0.3, 0.4) is 0 Å². The van der Waals surface area contributed by atoms with E-state index in [1.54, 1.807) is 49.4 Å². The number of hydrogen-bond donors (Lipinski definition) is 1. The van der Waals surface area contributed by atoms with E-state index in [1.165, 1.54) is 0 Å². The lowest BCUT2D eigenvalue weighted by atomic mass is 10.2. The number of nitrogens with one attached hydrogen (secondary N) is 1. The summed E-state index contributed by atoms with van der Waals surface area (Å²) in [6.45, 7) is 1.61. The normalized spacial score (nSPS) is 11.4. The molecular weight excluding hydrogens is 323 g/mol. The molecule has 0 aliphatic rings. The summed E-state index contributed by atoms with van der Waals surface area (Å²) in [5.74, 6) is 0.0595. The molecule has 0 radical (unpaired) electrons. The number of benzene rings is 2. The molecule has 1 unspecified atom stereocenters. The number of ether oxygens (including phenoxy) is 1. The first kappa shape index (κ1) is 16.2. The third-order valence-corrected chi connectivity index (χ3v) is 3.38. The molecule has 0 bridgehead atoms. The van der Waals surface area contributed by atoms with Crippen LogP contribution in [0.2, 0.25) is 10.0 Å². The summed E-state index contributed by atoms with van der Waals surface area (Å²) in [7, 11) is 0. The minimum absolute atomic E-state index is 0.323. The molecule has 2 aromatic rings. The van der Waals surface area contributed by atoms with Crippen molar-refractivity contribution in [2.45, 2.75) is 13.0 Å². The van der Waals surface area contributed by atoms with Crippen molar-refractivity contribution < 1.29 is 9.53 Å².